The predicted octanol–water partition coefficient (Wildman–Crippen LogP) is 3.67. The summed E-state index contributed by atoms with van der Waals surface area (Å²) in [4.78, 5) is 12.5. The number of aryl methyl sites for hydroxylation is 1. The molecule has 0 radical (unpaired) electrons. The van der Waals surface area contributed by atoms with Crippen LogP contribution in [0.25, 0.3) is 0 Å². The number of esters is 1. The predicted molar refractivity (Wildman–Crippen MR) is 111 cm³/mol. The van der Waals surface area contributed by atoms with Gasteiger partial charge in [0.05, 0.1) is 10.8 Å². The van der Waals surface area contributed by atoms with E-state index < -0.39 is 10.0 Å². The summed E-state index contributed by atoms with van der Waals surface area (Å²) < 4.78 is 37.7. The zero-order chi connectivity index (χ0) is 20.9. The summed E-state index contributed by atoms with van der Waals surface area (Å²) >= 11 is 5.83. The van der Waals surface area contributed by atoms with Crippen LogP contribution >= 0.6 is 11.6 Å². The van der Waals surface area contributed by atoms with Gasteiger partial charge in [0.25, 0.3) is 0 Å². The lowest BCUT2D eigenvalue weighted by Crippen LogP contribution is -2.40. The molecule has 156 valence electrons. The van der Waals surface area contributed by atoms with Gasteiger partial charge in [-0.05, 0) is 61.7 Å². The minimum absolute atomic E-state index is 0.163. The number of ether oxygens (including phenoxy) is 2. The van der Waals surface area contributed by atoms with Gasteiger partial charge in [-0.1, -0.05) is 23.7 Å². The van der Waals surface area contributed by atoms with Gasteiger partial charge in [-0.3, -0.25) is 4.79 Å². The first kappa shape index (κ1) is 21.6. The van der Waals surface area contributed by atoms with E-state index in [1.807, 2.05) is 31.2 Å². The van der Waals surface area contributed by atoms with Crippen LogP contribution in [0.1, 0.15) is 18.4 Å². The quantitative estimate of drug-likeness (QED) is 0.488. The van der Waals surface area contributed by atoms with Crippen molar-refractivity contribution in [1.82, 2.24) is 4.31 Å². The SMILES string of the molecule is Cc1cccc(OCCOC(=O)C2CCN(S(=O)(=O)c3ccc(Cl)cc3)CC2)c1. The van der Waals surface area contributed by atoms with E-state index in [0.29, 0.717) is 17.9 Å². The van der Waals surface area contributed by atoms with Crippen molar-refractivity contribution in [3.63, 3.8) is 0 Å². The molecule has 1 heterocycles. The van der Waals surface area contributed by atoms with Gasteiger partial charge in [0.15, 0.2) is 0 Å². The molecule has 0 spiro atoms. The Morgan fingerprint density at radius 1 is 1.10 bits per heavy atom. The number of sulfonamides is 1. The molecule has 1 aliphatic heterocycles. The fourth-order valence-electron chi connectivity index (χ4n) is 3.21. The van der Waals surface area contributed by atoms with Gasteiger partial charge >= 0.3 is 5.97 Å². The second-order valence-electron chi connectivity index (χ2n) is 6.96. The lowest BCUT2D eigenvalue weighted by molar-refractivity contribution is -0.150. The molecule has 1 fully saturated rings. The Hall–Kier alpha value is -2.09. The number of carbonyl (C=O) groups is 1. The summed E-state index contributed by atoms with van der Waals surface area (Å²) in [5.41, 5.74) is 1.10. The largest absolute Gasteiger partial charge is 0.490 e. The molecule has 1 saturated heterocycles. The third kappa shape index (κ3) is 5.72. The summed E-state index contributed by atoms with van der Waals surface area (Å²) in [6.07, 6.45) is 0.870. The number of piperidine rings is 1. The molecule has 1 aliphatic rings. The van der Waals surface area contributed by atoms with E-state index in [-0.39, 0.29) is 43.1 Å². The smallest absolute Gasteiger partial charge is 0.309 e. The van der Waals surface area contributed by atoms with Crippen molar-refractivity contribution in [3.05, 3.63) is 59.1 Å². The fraction of sp³-hybridized carbons (Fsp3) is 0.381. The second-order valence-corrected chi connectivity index (χ2v) is 9.34. The van der Waals surface area contributed by atoms with E-state index in [1.54, 1.807) is 12.1 Å². The first-order valence-electron chi connectivity index (χ1n) is 9.48. The number of carbonyl (C=O) groups excluding carboxylic acids is 1. The number of nitrogens with zero attached hydrogens (tertiary/aromatic N) is 1. The van der Waals surface area contributed by atoms with Crippen LogP contribution in [0.2, 0.25) is 5.02 Å². The fourth-order valence-corrected chi connectivity index (χ4v) is 4.81. The van der Waals surface area contributed by atoms with Crippen LogP contribution in [-0.4, -0.2) is 45.0 Å². The van der Waals surface area contributed by atoms with Crippen molar-refractivity contribution < 1.29 is 22.7 Å². The Balaban J connectivity index is 1.44. The number of rotatable bonds is 7. The van der Waals surface area contributed by atoms with Crippen LogP contribution in [0, 0.1) is 12.8 Å². The van der Waals surface area contributed by atoms with E-state index in [2.05, 4.69) is 0 Å². The van der Waals surface area contributed by atoms with Gasteiger partial charge in [-0.15, -0.1) is 0 Å². The first-order valence-corrected chi connectivity index (χ1v) is 11.3. The summed E-state index contributed by atoms with van der Waals surface area (Å²) in [5, 5.41) is 0.483. The molecule has 6 nitrogen and oxygen atoms in total. The molecular weight excluding hydrogens is 414 g/mol. The van der Waals surface area contributed by atoms with Gasteiger partial charge in [0.2, 0.25) is 10.0 Å². The zero-order valence-electron chi connectivity index (χ0n) is 16.2. The van der Waals surface area contributed by atoms with Crippen LogP contribution in [0.15, 0.2) is 53.4 Å². The van der Waals surface area contributed by atoms with E-state index in [1.165, 1.54) is 16.4 Å². The van der Waals surface area contributed by atoms with Crippen molar-refractivity contribution >= 4 is 27.6 Å². The van der Waals surface area contributed by atoms with Gasteiger partial charge in [0.1, 0.15) is 19.0 Å². The molecule has 0 saturated carbocycles. The molecule has 0 atom stereocenters. The van der Waals surface area contributed by atoms with Crippen molar-refractivity contribution in [3.8, 4) is 5.75 Å². The number of benzene rings is 2. The van der Waals surface area contributed by atoms with E-state index in [4.69, 9.17) is 21.1 Å². The molecule has 2 aromatic rings. The Morgan fingerprint density at radius 3 is 2.45 bits per heavy atom. The normalized spacial score (nSPS) is 15.8. The zero-order valence-corrected chi connectivity index (χ0v) is 17.8. The lowest BCUT2D eigenvalue weighted by Gasteiger charge is -2.30. The van der Waals surface area contributed by atoms with Crippen molar-refractivity contribution in [2.45, 2.75) is 24.7 Å². The minimum atomic E-state index is -3.58. The highest BCUT2D eigenvalue weighted by Crippen LogP contribution is 2.25. The third-order valence-electron chi connectivity index (χ3n) is 4.82. The Kier molecular flexibility index (Phi) is 7.16. The molecule has 8 heteroatoms. The van der Waals surface area contributed by atoms with E-state index >= 15 is 0 Å². The third-order valence-corrected chi connectivity index (χ3v) is 6.99. The Labute approximate surface area is 176 Å². The van der Waals surface area contributed by atoms with Crippen LogP contribution in [0.3, 0.4) is 0 Å². The summed E-state index contributed by atoms with van der Waals surface area (Å²) in [5.74, 6) is 0.133. The summed E-state index contributed by atoms with van der Waals surface area (Å²) in [7, 11) is -3.58. The maximum absolute atomic E-state index is 12.7. The number of halogens is 1. The van der Waals surface area contributed by atoms with E-state index in [0.717, 1.165) is 11.3 Å². The van der Waals surface area contributed by atoms with Crippen molar-refractivity contribution in [1.29, 1.82) is 0 Å². The molecule has 3 rings (SSSR count). The molecule has 0 N–H and O–H groups in total. The molecule has 0 aromatic heterocycles. The molecule has 0 unspecified atom stereocenters. The van der Waals surface area contributed by atoms with Gasteiger partial charge in [0, 0.05) is 18.1 Å². The molecule has 2 aromatic carbocycles. The summed E-state index contributed by atoms with van der Waals surface area (Å²) in [6, 6.07) is 13.7. The monoisotopic (exact) mass is 437 g/mol. The lowest BCUT2D eigenvalue weighted by atomic mass is 9.98. The van der Waals surface area contributed by atoms with Crippen LogP contribution in [0.5, 0.6) is 5.75 Å². The topological polar surface area (TPSA) is 72.9 Å². The highest BCUT2D eigenvalue weighted by atomic mass is 35.5. The Bertz CT molecular complexity index is 938. The highest BCUT2D eigenvalue weighted by molar-refractivity contribution is 7.89. The standard InChI is InChI=1S/C21H24ClNO5S/c1-16-3-2-4-19(15-16)27-13-14-28-21(24)17-9-11-23(12-10-17)29(25,26)20-7-5-18(22)6-8-20/h2-8,15,17H,9-14H2,1H3. The molecule has 0 amide bonds. The van der Waals surface area contributed by atoms with Gasteiger partial charge in [-0.25, -0.2) is 8.42 Å². The first-order chi connectivity index (χ1) is 13.9. The average Bonchev–Trinajstić information content (AvgIpc) is 2.71. The van der Waals surface area contributed by atoms with Crippen molar-refractivity contribution in [2.24, 2.45) is 5.92 Å². The number of hydrogen-bond donors (Lipinski definition) is 0. The van der Waals surface area contributed by atoms with Crippen LogP contribution in [-0.2, 0) is 19.6 Å². The second kappa shape index (κ2) is 9.61. The van der Waals surface area contributed by atoms with Gasteiger partial charge in [-0.2, -0.15) is 4.31 Å². The maximum atomic E-state index is 12.7. The Morgan fingerprint density at radius 2 is 1.79 bits per heavy atom. The highest BCUT2D eigenvalue weighted by Gasteiger charge is 2.32. The number of hydrogen-bond acceptors (Lipinski definition) is 5. The van der Waals surface area contributed by atoms with Crippen molar-refractivity contribution in [2.75, 3.05) is 26.3 Å². The molecular formula is C21H24ClNO5S. The van der Waals surface area contributed by atoms with Crippen LogP contribution < -0.4 is 4.74 Å². The summed E-state index contributed by atoms with van der Waals surface area (Å²) in [6.45, 7) is 2.98. The molecule has 29 heavy (non-hydrogen) atoms. The van der Waals surface area contributed by atoms with E-state index in [9.17, 15) is 13.2 Å². The minimum Gasteiger partial charge on any atom is -0.490 e. The van der Waals surface area contributed by atoms with Crippen LogP contribution in [0.4, 0.5) is 0 Å². The molecule has 0 bridgehead atoms. The van der Waals surface area contributed by atoms with Gasteiger partial charge < -0.3 is 9.47 Å². The average molecular weight is 438 g/mol. The maximum Gasteiger partial charge on any atom is 0.309 e. The molecule has 0 aliphatic carbocycles.